The lowest BCUT2D eigenvalue weighted by Gasteiger charge is -2.07. The lowest BCUT2D eigenvalue weighted by molar-refractivity contribution is 0.120. The van der Waals surface area contributed by atoms with Gasteiger partial charge in [0.15, 0.2) is 0 Å². The average Bonchev–Trinajstić information content (AvgIpc) is 2.70. The Morgan fingerprint density at radius 3 is 2.70 bits per heavy atom. The van der Waals surface area contributed by atoms with E-state index in [0.29, 0.717) is 0 Å². The van der Waals surface area contributed by atoms with E-state index in [1.54, 1.807) is 7.11 Å². The smallest absolute Gasteiger partial charge is 0.0662 e. The van der Waals surface area contributed by atoms with Crippen LogP contribution in [-0.4, -0.2) is 43.3 Å². The molecule has 0 saturated heterocycles. The number of unbranched alkanes of at least 4 members (excludes halogenated alkanes) is 1. The molecule has 0 aliphatic heterocycles. The molecule has 5 nitrogen and oxygen atoms in total. The fourth-order valence-electron chi connectivity index (χ4n) is 2.09. The number of aryl methyl sites for hydroxylation is 1. The molecule has 0 aliphatic carbocycles. The van der Waals surface area contributed by atoms with Crippen LogP contribution in [0.1, 0.15) is 36.7 Å². The Morgan fingerprint density at radius 2 is 2.00 bits per heavy atom. The van der Waals surface area contributed by atoms with Crippen molar-refractivity contribution in [3.8, 4) is 0 Å². The fraction of sp³-hybridized carbons (Fsp3) is 0.800. The first-order valence-corrected chi connectivity index (χ1v) is 7.51. The molecule has 0 saturated carbocycles. The SMILES string of the molecule is CCCCOCCn1nc(C)c(CNCCOC)c1C. The quantitative estimate of drug-likeness (QED) is 0.632. The van der Waals surface area contributed by atoms with Gasteiger partial charge in [-0.05, 0) is 20.3 Å². The molecule has 0 atom stereocenters. The maximum Gasteiger partial charge on any atom is 0.0662 e. The van der Waals surface area contributed by atoms with Crippen molar-refractivity contribution in [3.63, 3.8) is 0 Å². The number of nitrogens with one attached hydrogen (secondary N) is 1. The summed E-state index contributed by atoms with van der Waals surface area (Å²) >= 11 is 0. The second-order valence-corrected chi connectivity index (χ2v) is 5.01. The van der Waals surface area contributed by atoms with Crippen molar-refractivity contribution >= 4 is 0 Å². The molecule has 20 heavy (non-hydrogen) atoms. The van der Waals surface area contributed by atoms with Crippen molar-refractivity contribution in [2.24, 2.45) is 0 Å². The number of aromatic nitrogens is 2. The third-order valence-electron chi connectivity index (χ3n) is 3.41. The molecule has 0 aliphatic rings. The van der Waals surface area contributed by atoms with E-state index in [1.807, 2.05) is 0 Å². The number of nitrogens with zero attached hydrogens (tertiary/aromatic N) is 2. The van der Waals surface area contributed by atoms with E-state index in [0.717, 1.165) is 51.6 Å². The van der Waals surface area contributed by atoms with Crippen LogP contribution in [0, 0.1) is 13.8 Å². The lowest BCUT2D eigenvalue weighted by Crippen LogP contribution is -2.19. The highest BCUT2D eigenvalue weighted by atomic mass is 16.5. The second-order valence-electron chi connectivity index (χ2n) is 5.01. The van der Waals surface area contributed by atoms with Gasteiger partial charge in [-0.1, -0.05) is 13.3 Å². The molecule has 1 aromatic heterocycles. The number of ether oxygens (including phenoxy) is 2. The Balaban J connectivity index is 2.40. The summed E-state index contributed by atoms with van der Waals surface area (Å²) in [5, 5.41) is 7.96. The van der Waals surface area contributed by atoms with Crippen LogP contribution in [0.3, 0.4) is 0 Å². The largest absolute Gasteiger partial charge is 0.383 e. The third kappa shape index (κ3) is 5.61. The summed E-state index contributed by atoms with van der Waals surface area (Å²) in [5.74, 6) is 0. The molecule has 0 bridgehead atoms. The molecule has 5 heteroatoms. The van der Waals surface area contributed by atoms with Gasteiger partial charge in [0.1, 0.15) is 0 Å². The van der Waals surface area contributed by atoms with Gasteiger partial charge in [-0.15, -0.1) is 0 Å². The fourth-order valence-corrected chi connectivity index (χ4v) is 2.09. The van der Waals surface area contributed by atoms with Crippen LogP contribution in [0.5, 0.6) is 0 Å². The Hall–Kier alpha value is -0.910. The van der Waals surface area contributed by atoms with E-state index < -0.39 is 0 Å². The van der Waals surface area contributed by atoms with Gasteiger partial charge >= 0.3 is 0 Å². The van der Waals surface area contributed by atoms with E-state index in [9.17, 15) is 0 Å². The summed E-state index contributed by atoms with van der Waals surface area (Å²) in [6.45, 7) is 11.2. The van der Waals surface area contributed by atoms with Crippen LogP contribution in [0.2, 0.25) is 0 Å². The predicted molar refractivity (Wildman–Crippen MR) is 81.0 cm³/mol. The Morgan fingerprint density at radius 1 is 1.20 bits per heavy atom. The molecule has 0 radical (unpaired) electrons. The molecule has 1 heterocycles. The number of methoxy groups -OCH3 is 1. The van der Waals surface area contributed by atoms with Crippen molar-refractivity contribution in [1.82, 2.24) is 15.1 Å². The summed E-state index contributed by atoms with van der Waals surface area (Å²) in [6.07, 6.45) is 2.31. The Kier molecular flexibility index (Phi) is 8.49. The minimum Gasteiger partial charge on any atom is -0.383 e. The highest BCUT2D eigenvalue weighted by Gasteiger charge is 2.10. The van der Waals surface area contributed by atoms with Gasteiger partial charge in [0.2, 0.25) is 0 Å². The monoisotopic (exact) mass is 283 g/mol. The topological polar surface area (TPSA) is 48.3 Å². The molecule has 1 N–H and O–H groups in total. The van der Waals surface area contributed by atoms with Crippen LogP contribution >= 0.6 is 0 Å². The van der Waals surface area contributed by atoms with Crippen LogP contribution in [0.25, 0.3) is 0 Å². The third-order valence-corrected chi connectivity index (χ3v) is 3.41. The van der Waals surface area contributed by atoms with Crippen LogP contribution in [-0.2, 0) is 22.6 Å². The second kappa shape index (κ2) is 9.91. The van der Waals surface area contributed by atoms with Crippen molar-refractivity contribution in [3.05, 3.63) is 17.0 Å². The molecule has 0 unspecified atom stereocenters. The molecule has 0 fully saturated rings. The highest BCUT2D eigenvalue weighted by molar-refractivity contribution is 5.24. The van der Waals surface area contributed by atoms with E-state index in [-0.39, 0.29) is 0 Å². The molecule has 1 rings (SSSR count). The summed E-state index contributed by atoms with van der Waals surface area (Å²) < 4.78 is 12.7. The van der Waals surface area contributed by atoms with E-state index >= 15 is 0 Å². The number of hydrogen-bond acceptors (Lipinski definition) is 4. The van der Waals surface area contributed by atoms with Crippen LogP contribution in [0.4, 0.5) is 0 Å². The summed E-state index contributed by atoms with van der Waals surface area (Å²) in [7, 11) is 1.72. The van der Waals surface area contributed by atoms with Crippen molar-refractivity contribution in [1.29, 1.82) is 0 Å². The molecule has 0 spiro atoms. The summed E-state index contributed by atoms with van der Waals surface area (Å²) in [6, 6.07) is 0. The normalized spacial score (nSPS) is 11.2. The van der Waals surface area contributed by atoms with Crippen molar-refractivity contribution in [2.75, 3.05) is 33.5 Å². The van der Waals surface area contributed by atoms with Gasteiger partial charge < -0.3 is 14.8 Å². The summed E-state index contributed by atoms with van der Waals surface area (Å²) in [4.78, 5) is 0. The minimum atomic E-state index is 0.734. The lowest BCUT2D eigenvalue weighted by atomic mass is 10.2. The molecule has 0 aromatic carbocycles. The Labute approximate surface area is 122 Å². The molecule has 116 valence electrons. The van der Waals surface area contributed by atoms with E-state index in [2.05, 4.69) is 35.9 Å². The maximum absolute atomic E-state index is 5.60. The average molecular weight is 283 g/mol. The van der Waals surface area contributed by atoms with Gasteiger partial charge in [-0.3, -0.25) is 4.68 Å². The van der Waals surface area contributed by atoms with Crippen LogP contribution in [0.15, 0.2) is 0 Å². The minimum absolute atomic E-state index is 0.734. The Bertz CT molecular complexity index is 377. The van der Waals surface area contributed by atoms with Gasteiger partial charge in [0, 0.05) is 38.1 Å². The van der Waals surface area contributed by atoms with Gasteiger partial charge in [-0.2, -0.15) is 5.10 Å². The predicted octanol–water partition coefficient (Wildman–Crippen LogP) is 2.05. The first-order valence-electron chi connectivity index (χ1n) is 7.51. The number of hydrogen-bond donors (Lipinski definition) is 1. The first-order chi connectivity index (χ1) is 9.70. The zero-order valence-corrected chi connectivity index (χ0v) is 13.4. The maximum atomic E-state index is 5.60. The molecular formula is C15H29N3O2. The van der Waals surface area contributed by atoms with Gasteiger partial charge in [0.25, 0.3) is 0 Å². The van der Waals surface area contributed by atoms with Gasteiger partial charge in [-0.25, -0.2) is 0 Å². The molecule has 0 amide bonds. The van der Waals surface area contributed by atoms with Gasteiger partial charge in [0.05, 0.1) is 25.5 Å². The summed E-state index contributed by atoms with van der Waals surface area (Å²) in [5.41, 5.74) is 3.61. The van der Waals surface area contributed by atoms with Crippen molar-refractivity contribution in [2.45, 2.75) is 46.7 Å². The van der Waals surface area contributed by atoms with Crippen LogP contribution < -0.4 is 5.32 Å². The number of rotatable bonds is 11. The van der Waals surface area contributed by atoms with E-state index in [1.165, 1.54) is 17.7 Å². The van der Waals surface area contributed by atoms with Crippen molar-refractivity contribution < 1.29 is 9.47 Å². The highest BCUT2D eigenvalue weighted by Crippen LogP contribution is 2.12. The van der Waals surface area contributed by atoms with E-state index in [4.69, 9.17) is 9.47 Å². The zero-order valence-electron chi connectivity index (χ0n) is 13.4. The molecular weight excluding hydrogens is 254 g/mol. The molecule has 1 aromatic rings. The zero-order chi connectivity index (χ0) is 14.8. The first kappa shape index (κ1) is 17.1. The standard InChI is InChI=1S/C15H29N3O2/c1-5-6-9-20-11-8-18-14(3)15(13(2)17-18)12-16-7-10-19-4/h16H,5-12H2,1-4H3.